The summed E-state index contributed by atoms with van der Waals surface area (Å²) < 4.78 is 10.5. The number of para-hydroxylation sites is 2. The lowest BCUT2D eigenvalue weighted by Crippen LogP contribution is -2.41. The van der Waals surface area contributed by atoms with Crippen molar-refractivity contribution in [2.45, 2.75) is 46.1 Å². The lowest BCUT2D eigenvalue weighted by Gasteiger charge is -2.27. The number of fused-ring (bicyclic) bond motifs is 1. The lowest BCUT2D eigenvalue weighted by atomic mass is 10.1. The molecule has 0 saturated heterocycles. The number of amides is 2. The van der Waals surface area contributed by atoms with Gasteiger partial charge in [0, 0.05) is 18.4 Å². The van der Waals surface area contributed by atoms with Crippen molar-refractivity contribution in [1.29, 1.82) is 0 Å². The first-order valence-corrected chi connectivity index (χ1v) is 9.13. The quantitative estimate of drug-likeness (QED) is 0.812. The summed E-state index contributed by atoms with van der Waals surface area (Å²) in [6.07, 6.45) is 0.149. The predicted octanol–water partition coefficient (Wildman–Crippen LogP) is 3.03. The number of carbonyl (C=O) groups excluding carboxylic acids is 3. The van der Waals surface area contributed by atoms with Gasteiger partial charge in [0.2, 0.25) is 5.91 Å². The van der Waals surface area contributed by atoms with Gasteiger partial charge in [0.25, 0.3) is 5.91 Å². The van der Waals surface area contributed by atoms with E-state index in [-0.39, 0.29) is 29.9 Å². The Morgan fingerprint density at radius 2 is 2.07 bits per heavy atom. The molecule has 2 heterocycles. The molecule has 2 amide bonds. The zero-order valence-corrected chi connectivity index (χ0v) is 16.3. The average Bonchev–Trinajstić information content (AvgIpc) is 2.97. The van der Waals surface area contributed by atoms with E-state index >= 15 is 0 Å². The van der Waals surface area contributed by atoms with Gasteiger partial charge in [-0.15, -0.1) is 0 Å². The molecule has 8 heteroatoms. The van der Waals surface area contributed by atoms with Crippen LogP contribution in [0.1, 0.15) is 54.9 Å². The lowest BCUT2D eigenvalue weighted by molar-refractivity contribution is -0.122. The molecule has 1 atom stereocenters. The van der Waals surface area contributed by atoms with Gasteiger partial charge < -0.3 is 19.5 Å². The SMILES string of the molecule is Cc1noc(C(C)C)c1C(=O)OCC(=O)N1c2ccccc2NC(=O)C[C@@H]1C. The maximum atomic E-state index is 12.9. The maximum absolute atomic E-state index is 12.9. The van der Waals surface area contributed by atoms with Crippen LogP contribution in [0.25, 0.3) is 0 Å². The van der Waals surface area contributed by atoms with Crippen molar-refractivity contribution < 1.29 is 23.6 Å². The fraction of sp³-hybridized carbons (Fsp3) is 0.400. The minimum absolute atomic E-state index is 0.0472. The van der Waals surface area contributed by atoms with Crippen LogP contribution in [0.4, 0.5) is 11.4 Å². The van der Waals surface area contributed by atoms with Crippen molar-refractivity contribution >= 4 is 29.2 Å². The van der Waals surface area contributed by atoms with Crippen LogP contribution in [0.5, 0.6) is 0 Å². The van der Waals surface area contributed by atoms with Crippen LogP contribution >= 0.6 is 0 Å². The highest BCUT2D eigenvalue weighted by atomic mass is 16.5. The first kappa shape index (κ1) is 19.6. The normalized spacial score (nSPS) is 16.4. The molecule has 2 aromatic rings. The van der Waals surface area contributed by atoms with E-state index in [9.17, 15) is 14.4 Å². The second-order valence-electron chi connectivity index (χ2n) is 7.12. The molecular weight excluding hydrogens is 362 g/mol. The second kappa shape index (κ2) is 7.84. The highest BCUT2D eigenvalue weighted by Crippen LogP contribution is 2.31. The maximum Gasteiger partial charge on any atom is 0.344 e. The van der Waals surface area contributed by atoms with E-state index < -0.39 is 18.5 Å². The van der Waals surface area contributed by atoms with Crippen molar-refractivity contribution in [3.05, 3.63) is 41.3 Å². The van der Waals surface area contributed by atoms with E-state index in [1.807, 2.05) is 13.8 Å². The van der Waals surface area contributed by atoms with Gasteiger partial charge in [0.1, 0.15) is 5.56 Å². The van der Waals surface area contributed by atoms with E-state index in [0.29, 0.717) is 22.8 Å². The molecular formula is C20H23N3O5. The predicted molar refractivity (Wildman–Crippen MR) is 102 cm³/mol. The van der Waals surface area contributed by atoms with Crippen LogP contribution in [-0.4, -0.2) is 35.6 Å². The highest BCUT2D eigenvalue weighted by molar-refractivity contribution is 6.05. The van der Waals surface area contributed by atoms with Crippen LogP contribution < -0.4 is 10.2 Å². The third-order valence-corrected chi connectivity index (χ3v) is 4.57. The summed E-state index contributed by atoms with van der Waals surface area (Å²) in [5.41, 5.74) is 1.80. The van der Waals surface area contributed by atoms with Crippen molar-refractivity contribution in [2.75, 3.05) is 16.8 Å². The first-order chi connectivity index (χ1) is 13.3. The van der Waals surface area contributed by atoms with Crippen molar-refractivity contribution in [3.8, 4) is 0 Å². The molecule has 1 N–H and O–H groups in total. The molecule has 1 aromatic carbocycles. The Morgan fingerprint density at radius 3 is 2.79 bits per heavy atom. The molecule has 3 rings (SSSR count). The monoisotopic (exact) mass is 385 g/mol. The highest BCUT2D eigenvalue weighted by Gasteiger charge is 2.31. The summed E-state index contributed by atoms with van der Waals surface area (Å²) in [6.45, 7) is 6.73. The van der Waals surface area contributed by atoms with Crippen LogP contribution in [-0.2, 0) is 14.3 Å². The molecule has 0 radical (unpaired) electrons. The number of benzene rings is 1. The first-order valence-electron chi connectivity index (χ1n) is 9.13. The molecule has 0 aliphatic carbocycles. The van der Waals surface area contributed by atoms with Gasteiger partial charge in [-0.3, -0.25) is 9.59 Å². The molecule has 0 unspecified atom stereocenters. The average molecular weight is 385 g/mol. The molecule has 1 aliphatic heterocycles. The van der Waals surface area contributed by atoms with Gasteiger partial charge in [-0.25, -0.2) is 4.79 Å². The van der Waals surface area contributed by atoms with Gasteiger partial charge in [-0.2, -0.15) is 0 Å². The molecule has 0 fully saturated rings. The van der Waals surface area contributed by atoms with E-state index in [1.165, 1.54) is 4.90 Å². The summed E-state index contributed by atoms with van der Waals surface area (Å²) >= 11 is 0. The molecule has 0 bridgehead atoms. The number of rotatable bonds is 4. The fourth-order valence-corrected chi connectivity index (χ4v) is 3.27. The van der Waals surface area contributed by atoms with E-state index in [2.05, 4.69) is 10.5 Å². The minimum atomic E-state index is -0.652. The van der Waals surface area contributed by atoms with Crippen molar-refractivity contribution in [3.63, 3.8) is 0 Å². The van der Waals surface area contributed by atoms with E-state index in [4.69, 9.17) is 9.26 Å². The Balaban J connectivity index is 1.79. The summed E-state index contributed by atoms with van der Waals surface area (Å²) in [4.78, 5) is 38.9. The second-order valence-corrected chi connectivity index (χ2v) is 7.12. The van der Waals surface area contributed by atoms with Gasteiger partial charge in [0.05, 0.1) is 17.1 Å². The van der Waals surface area contributed by atoms with Gasteiger partial charge in [0.15, 0.2) is 12.4 Å². The molecule has 28 heavy (non-hydrogen) atoms. The summed E-state index contributed by atoms with van der Waals surface area (Å²) in [6, 6.07) is 6.66. The molecule has 8 nitrogen and oxygen atoms in total. The topological polar surface area (TPSA) is 102 Å². The van der Waals surface area contributed by atoms with E-state index in [0.717, 1.165) is 0 Å². The molecule has 0 spiro atoms. The third-order valence-electron chi connectivity index (χ3n) is 4.57. The van der Waals surface area contributed by atoms with Crippen LogP contribution in [0, 0.1) is 6.92 Å². The summed E-state index contributed by atoms with van der Waals surface area (Å²) in [5.74, 6) is -0.855. The Bertz CT molecular complexity index is 918. The minimum Gasteiger partial charge on any atom is -0.452 e. The number of aryl methyl sites for hydroxylation is 1. The number of nitrogens with one attached hydrogen (secondary N) is 1. The number of aromatic nitrogens is 1. The largest absolute Gasteiger partial charge is 0.452 e. The zero-order chi connectivity index (χ0) is 20.4. The van der Waals surface area contributed by atoms with Crippen molar-refractivity contribution in [2.24, 2.45) is 0 Å². The number of anilines is 2. The van der Waals surface area contributed by atoms with Crippen LogP contribution in [0.3, 0.4) is 0 Å². The fourth-order valence-electron chi connectivity index (χ4n) is 3.27. The Morgan fingerprint density at radius 1 is 1.36 bits per heavy atom. The standard InChI is InChI=1S/C20H23N3O5/c1-11(2)19-18(13(4)22-28-19)20(26)27-10-17(25)23-12(3)9-16(24)21-14-7-5-6-8-15(14)23/h5-8,11-12H,9-10H2,1-4H3,(H,21,24)/t12-/m0/s1. The van der Waals surface area contributed by atoms with Gasteiger partial charge in [-0.1, -0.05) is 31.1 Å². The summed E-state index contributed by atoms with van der Waals surface area (Å²) in [5, 5.41) is 6.61. The van der Waals surface area contributed by atoms with Crippen LogP contribution in [0.2, 0.25) is 0 Å². The number of nitrogens with zero attached hydrogens (tertiary/aromatic N) is 2. The third kappa shape index (κ3) is 3.76. The smallest absolute Gasteiger partial charge is 0.344 e. The number of hydrogen-bond acceptors (Lipinski definition) is 6. The zero-order valence-electron chi connectivity index (χ0n) is 16.3. The Kier molecular flexibility index (Phi) is 5.48. The van der Waals surface area contributed by atoms with Crippen molar-refractivity contribution in [1.82, 2.24) is 5.16 Å². The van der Waals surface area contributed by atoms with E-state index in [1.54, 1.807) is 38.1 Å². The molecule has 148 valence electrons. The molecule has 0 saturated carbocycles. The van der Waals surface area contributed by atoms with Crippen LogP contribution in [0.15, 0.2) is 28.8 Å². The molecule has 1 aliphatic rings. The molecule has 1 aromatic heterocycles. The number of esters is 1. The Labute approximate surface area is 162 Å². The number of ether oxygens (including phenoxy) is 1. The Hall–Kier alpha value is -3.16. The number of hydrogen-bond donors (Lipinski definition) is 1. The summed E-state index contributed by atoms with van der Waals surface area (Å²) in [7, 11) is 0. The van der Waals surface area contributed by atoms with Gasteiger partial charge >= 0.3 is 5.97 Å². The van der Waals surface area contributed by atoms with Gasteiger partial charge in [-0.05, 0) is 26.0 Å². The number of carbonyl (C=O) groups is 3.